The SMILES string of the molecule is O=C(Cn1cnnn1)NCCO. The fraction of sp³-hybridized carbons (Fsp3) is 0.600. The normalized spacial score (nSPS) is 9.75. The van der Waals surface area contributed by atoms with Crippen molar-refractivity contribution < 1.29 is 9.90 Å². The number of hydrogen-bond donors (Lipinski definition) is 2. The summed E-state index contributed by atoms with van der Waals surface area (Å²) in [5.41, 5.74) is 0. The summed E-state index contributed by atoms with van der Waals surface area (Å²) in [6, 6.07) is 0. The topological polar surface area (TPSA) is 92.9 Å². The summed E-state index contributed by atoms with van der Waals surface area (Å²) in [6.07, 6.45) is 1.35. The van der Waals surface area contributed by atoms with Gasteiger partial charge in [-0.1, -0.05) is 0 Å². The van der Waals surface area contributed by atoms with E-state index >= 15 is 0 Å². The Morgan fingerprint density at radius 3 is 3.08 bits per heavy atom. The average molecular weight is 171 g/mol. The van der Waals surface area contributed by atoms with Gasteiger partial charge in [0, 0.05) is 6.54 Å². The van der Waals surface area contributed by atoms with Crippen LogP contribution in [0.2, 0.25) is 0 Å². The molecule has 0 saturated carbocycles. The zero-order valence-electron chi connectivity index (χ0n) is 6.34. The Bertz CT molecular complexity index is 234. The minimum atomic E-state index is -0.226. The third-order valence-corrected chi connectivity index (χ3v) is 1.13. The van der Waals surface area contributed by atoms with E-state index in [9.17, 15) is 4.79 Å². The highest BCUT2D eigenvalue weighted by atomic mass is 16.3. The van der Waals surface area contributed by atoms with Crippen LogP contribution in [0, 0.1) is 0 Å². The molecule has 7 heteroatoms. The smallest absolute Gasteiger partial charge is 0.241 e. The van der Waals surface area contributed by atoms with Crippen LogP contribution in [0.5, 0.6) is 0 Å². The molecule has 2 N–H and O–H groups in total. The summed E-state index contributed by atoms with van der Waals surface area (Å²) in [4.78, 5) is 10.9. The molecule has 1 aromatic rings. The van der Waals surface area contributed by atoms with Crippen molar-refractivity contribution >= 4 is 5.91 Å². The number of aliphatic hydroxyl groups is 1. The van der Waals surface area contributed by atoms with Crippen molar-refractivity contribution in [2.75, 3.05) is 13.2 Å². The fourth-order valence-corrected chi connectivity index (χ4v) is 0.651. The molecule has 12 heavy (non-hydrogen) atoms. The number of carbonyl (C=O) groups excluding carboxylic acids is 1. The molecule has 1 heterocycles. The number of aromatic nitrogens is 4. The van der Waals surface area contributed by atoms with Crippen molar-refractivity contribution in [2.24, 2.45) is 0 Å². The summed E-state index contributed by atoms with van der Waals surface area (Å²) < 4.78 is 1.30. The van der Waals surface area contributed by atoms with E-state index in [0.29, 0.717) is 0 Å². The molecule has 0 aliphatic heterocycles. The number of carbonyl (C=O) groups is 1. The molecule has 0 aromatic carbocycles. The van der Waals surface area contributed by atoms with Crippen LogP contribution in [0.25, 0.3) is 0 Å². The van der Waals surface area contributed by atoms with Crippen LogP contribution in [-0.4, -0.2) is 44.4 Å². The predicted octanol–water partition coefficient (Wildman–Crippen LogP) is -2.22. The number of amides is 1. The van der Waals surface area contributed by atoms with Crippen LogP contribution in [0.15, 0.2) is 6.33 Å². The van der Waals surface area contributed by atoms with Gasteiger partial charge in [0.15, 0.2) is 0 Å². The predicted molar refractivity (Wildman–Crippen MR) is 37.9 cm³/mol. The van der Waals surface area contributed by atoms with E-state index in [2.05, 4.69) is 20.8 Å². The molecule has 0 radical (unpaired) electrons. The minimum absolute atomic E-state index is 0.0681. The molecule has 1 rings (SSSR count). The first-order chi connectivity index (χ1) is 5.83. The maximum absolute atomic E-state index is 10.9. The van der Waals surface area contributed by atoms with Crippen LogP contribution in [0.3, 0.4) is 0 Å². The highest BCUT2D eigenvalue weighted by Gasteiger charge is 2.01. The Balaban J connectivity index is 2.27. The van der Waals surface area contributed by atoms with Crippen LogP contribution in [-0.2, 0) is 11.3 Å². The first-order valence-corrected chi connectivity index (χ1v) is 3.41. The van der Waals surface area contributed by atoms with E-state index in [1.807, 2.05) is 0 Å². The van der Waals surface area contributed by atoms with Crippen molar-refractivity contribution in [1.82, 2.24) is 25.5 Å². The summed E-state index contributed by atoms with van der Waals surface area (Å²) in [6.45, 7) is 0.259. The molecule has 1 amide bonds. The van der Waals surface area contributed by atoms with Crippen molar-refractivity contribution in [2.45, 2.75) is 6.54 Å². The van der Waals surface area contributed by atoms with Gasteiger partial charge in [-0.15, -0.1) is 5.10 Å². The quantitative estimate of drug-likeness (QED) is 0.535. The first-order valence-electron chi connectivity index (χ1n) is 3.41. The third kappa shape index (κ3) is 2.62. The lowest BCUT2D eigenvalue weighted by Gasteiger charge is -2.00. The van der Waals surface area contributed by atoms with E-state index < -0.39 is 0 Å². The Morgan fingerprint density at radius 1 is 1.67 bits per heavy atom. The van der Waals surface area contributed by atoms with Gasteiger partial charge < -0.3 is 10.4 Å². The fourth-order valence-electron chi connectivity index (χ4n) is 0.651. The van der Waals surface area contributed by atoms with E-state index in [1.165, 1.54) is 11.0 Å². The second-order valence-electron chi connectivity index (χ2n) is 2.08. The summed E-state index contributed by atoms with van der Waals surface area (Å²) in [5.74, 6) is -0.226. The Morgan fingerprint density at radius 2 is 2.50 bits per heavy atom. The number of hydrogen-bond acceptors (Lipinski definition) is 5. The standard InChI is InChI=1S/C5H9N5O2/c11-2-1-6-5(12)3-10-4-7-8-9-10/h4,11H,1-3H2,(H,6,12). The maximum Gasteiger partial charge on any atom is 0.241 e. The average Bonchev–Trinajstić information content (AvgIpc) is 2.53. The molecule has 0 fully saturated rings. The molecular weight excluding hydrogens is 162 g/mol. The molecule has 66 valence electrons. The van der Waals surface area contributed by atoms with Gasteiger partial charge in [-0.05, 0) is 10.4 Å². The molecule has 0 unspecified atom stereocenters. The zero-order chi connectivity index (χ0) is 8.81. The molecule has 7 nitrogen and oxygen atoms in total. The third-order valence-electron chi connectivity index (χ3n) is 1.13. The number of aliphatic hydroxyl groups excluding tert-OH is 1. The number of nitrogens with zero attached hydrogens (tertiary/aromatic N) is 4. The Labute approximate surface area is 68.4 Å². The zero-order valence-corrected chi connectivity index (χ0v) is 6.34. The van der Waals surface area contributed by atoms with Crippen molar-refractivity contribution in [1.29, 1.82) is 0 Å². The van der Waals surface area contributed by atoms with E-state index in [1.54, 1.807) is 0 Å². The molecule has 0 aliphatic carbocycles. The lowest BCUT2D eigenvalue weighted by Crippen LogP contribution is -2.30. The van der Waals surface area contributed by atoms with Gasteiger partial charge in [0.05, 0.1) is 6.61 Å². The molecular formula is C5H9N5O2. The van der Waals surface area contributed by atoms with Crippen molar-refractivity contribution in [3.63, 3.8) is 0 Å². The largest absolute Gasteiger partial charge is 0.395 e. The molecule has 1 aromatic heterocycles. The van der Waals surface area contributed by atoms with Gasteiger partial charge >= 0.3 is 0 Å². The van der Waals surface area contributed by atoms with Crippen LogP contribution >= 0.6 is 0 Å². The minimum Gasteiger partial charge on any atom is -0.395 e. The molecule has 0 saturated heterocycles. The second-order valence-corrected chi connectivity index (χ2v) is 2.08. The first kappa shape index (κ1) is 8.60. The van der Waals surface area contributed by atoms with Gasteiger partial charge in [-0.25, -0.2) is 4.68 Å². The van der Waals surface area contributed by atoms with Crippen LogP contribution in [0.1, 0.15) is 0 Å². The number of rotatable bonds is 4. The lowest BCUT2D eigenvalue weighted by atomic mass is 10.5. The van der Waals surface area contributed by atoms with E-state index in [-0.39, 0.29) is 25.6 Å². The molecule has 0 bridgehead atoms. The lowest BCUT2D eigenvalue weighted by molar-refractivity contribution is -0.122. The monoisotopic (exact) mass is 171 g/mol. The van der Waals surface area contributed by atoms with Crippen LogP contribution in [0.4, 0.5) is 0 Å². The second kappa shape index (κ2) is 4.39. The summed E-state index contributed by atoms with van der Waals surface area (Å²) in [7, 11) is 0. The van der Waals surface area contributed by atoms with Gasteiger partial charge in [0.2, 0.25) is 5.91 Å². The van der Waals surface area contributed by atoms with Crippen LogP contribution < -0.4 is 5.32 Å². The Hall–Kier alpha value is -1.50. The van der Waals surface area contributed by atoms with E-state index in [0.717, 1.165) is 0 Å². The molecule has 0 spiro atoms. The highest BCUT2D eigenvalue weighted by Crippen LogP contribution is 1.76. The Kier molecular flexibility index (Phi) is 3.15. The van der Waals surface area contributed by atoms with Gasteiger partial charge in [0.1, 0.15) is 12.9 Å². The van der Waals surface area contributed by atoms with Gasteiger partial charge in [-0.3, -0.25) is 4.79 Å². The van der Waals surface area contributed by atoms with E-state index in [4.69, 9.17) is 5.11 Å². The molecule has 0 aliphatic rings. The highest BCUT2D eigenvalue weighted by molar-refractivity contribution is 5.75. The summed E-state index contributed by atoms with van der Waals surface area (Å²) in [5, 5.41) is 21.1. The van der Waals surface area contributed by atoms with Gasteiger partial charge in [-0.2, -0.15) is 0 Å². The summed E-state index contributed by atoms with van der Waals surface area (Å²) >= 11 is 0. The number of nitrogens with one attached hydrogen (secondary N) is 1. The van der Waals surface area contributed by atoms with Crippen molar-refractivity contribution in [3.05, 3.63) is 6.33 Å². The molecule has 0 atom stereocenters. The number of tetrazole rings is 1. The van der Waals surface area contributed by atoms with Crippen molar-refractivity contribution in [3.8, 4) is 0 Å². The van der Waals surface area contributed by atoms with Gasteiger partial charge in [0.25, 0.3) is 0 Å². The maximum atomic E-state index is 10.9.